The van der Waals surface area contributed by atoms with Crippen LogP contribution in [0.25, 0.3) is 0 Å². The largest absolute Gasteiger partial charge is 0.315 e. The smallest absolute Gasteiger partial charge is 0.251 e. The van der Waals surface area contributed by atoms with Crippen LogP contribution >= 0.6 is 0 Å². The molecule has 0 fully saturated rings. The lowest BCUT2D eigenvalue weighted by atomic mass is 10.3. The first-order chi connectivity index (χ1) is 7.74. The second kappa shape index (κ2) is 4.28. The van der Waals surface area contributed by atoms with Gasteiger partial charge in [0.05, 0.1) is 12.0 Å². The molecular formula is C11H7N3O2. The second-order valence-electron chi connectivity index (χ2n) is 2.98. The van der Waals surface area contributed by atoms with E-state index in [2.05, 4.69) is 26.8 Å². The SMILES string of the molecule is O=c1cc(C#Cc2cccc(=O)[nH]2)nc[nH]1. The van der Waals surface area contributed by atoms with Crippen LogP contribution in [0.15, 0.2) is 40.2 Å². The van der Waals surface area contributed by atoms with E-state index < -0.39 is 0 Å². The highest BCUT2D eigenvalue weighted by Crippen LogP contribution is 1.88. The molecule has 0 aromatic carbocycles. The van der Waals surface area contributed by atoms with Crippen LogP contribution in [0.3, 0.4) is 0 Å². The van der Waals surface area contributed by atoms with E-state index in [4.69, 9.17) is 0 Å². The third-order valence-electron chi connectivity index (χ3n) is 1.77. The number of aromatic nitrogens is 3. The van der Waals surface area contributed by atoms with Crippen molar-refractivity contribution in [1.82, 2.24) is 15.0 Å². The zero-order valence-corrected chi connectivity index (χ0v) is 8.15. The first kappa shape index (κ1) is 9.93. The molecule has 0 unspecified atom stereocenters. The van der Waals surface area contributed by atoms with E-state index in [9.17, 15) is 9.59 Å². The predicted octanol–water partition coefficient (Wildman–Crippen LogP) is -0.142. The van der Waals surface area contributed by atoms with Crippen molar-refractivity contribution < 1.29 is 0 Å². The van der Waals surface area contributed by atoms with Gasteiger partial charge in [0, 0.05) is 12.1 Å². The molecule has 0 saturated carbocycles. The van der Waals surface area contributed by atoms with E-state index in [-0.39, 0.29) is 11.1 Å². The predicted molar refractivity (Wildman–Crippen MR) is 57.9 cm³/mol. The number of hydrogen-bond donors (Lipinski definition) is 2. The molecule has 2 N–H and O–H groups in total. The van der Waals surface area contributed by atoms with Crippen molar-refractivity contribution in [3.8, 4) is 11.8 Å². The van der Waals surface area contributed by atoms with Crippen molar-refractivity contribution in [2.45, 2.75) is 0 Å². The van der Waals surface area contributed by atoms with E-state index >= 15 is 0 Å². The number of hydrogen-bond acceptors (Lipinski definition) is 3. The summed E-state index contributed by atoms with van der Waals surface area (Å²) in [5.74, 6) is 5.39. The van der Waals surface area contributed by atoms with Gasteiger partial charge in [-0.05, 0) is 17.9 Å². The molecule has 0 aliphatic heterocycles. The van der Waals surface area contributed by atoms with E-state index in [0.29, 0.717) is 11.4 Å². The van der Waals surface area contributed by atoms with Crippen molar-refractivity contribution in [3.05, 3.63) is 62.7 Å². The van der Waals surface area contributed by atoms with Gasteiger partial charge >= 0.3 is 0 Å². The quantitative estimate of drug-likeness (QED) is 0.598. The molecule has 5 heteroatoms. The van der Waals surface area contributed by atoms with Crippen LogP contribution in [0.2, 0.25) is 0 Å². The summed E-state index contributed by atoms with van der Waals surface area (Å²) < 4.78 is 0. The highest BCUT2D eigenvalue weighted by Gasteiger charge is 1.90. The van der Waals surface area contributed by atoms with Gasteiger partial charge in [0.1, 0.15) is 5.69 Å². The van der Waals surface area contributed by atoms with Crippen LogP contribution in [0.1, 0.15) is 11.4 Å². The Labute approximate surface area is 90.2 Å². The Bertz CT molecular complexity index is 616. The van der Waals surface area contributed by atoms with Crippen molar-refractivity contribution in [2.75, 3.05) is 0 Å². The minimum absolute atomic E-state index is 0.217. The molecule has 0 radical (unpaired) electrons. The van der Waals surface area contributed by atoms with Crippen molar-refractivity contribution in [1.29, 1.82) is 0 Å². The normalized spacial score (nSPS) is 9.25. The fourth-order valence-corrected chi connectivity index (χ4v) is 1.09. The minimum atomic E-state index is -0.263. The molecule has 16 heavy (non-hydrogen) atoms. The Morgan fingerprint density at radius 1 is 1.12 bits per heavy atom. The van der Waals surface area contributed by atoms with Crippen LogP contribution in [-0.2, 0) is 0 Å². The summed E-state index contributed by atoms with van der Waals surface area (Å²) in [5, 5.41) is 0. The maximum Gasteiger partial charge on any atom is 0.251 e. The molecular weight excluding hydrogens is 206 g/mol. The summed E-state index contributed by atoms with van der Waals surface area (Å²) in [7, 11) is 0. The van der Waals surface area contributed by atoms with Gasteiger partial charge in [0.15, 0.2) is 0 Å². The number of H-pyrrole nitrogens is 2. The average Bonchev–Trinajstić information content (AvgIpc) is 2.27. The fourth-order valence-electron chi connectivity index (χ4n) is 1.09. The average molecular weight is 213 g/mol. The van der Waals surface area contributed by atoms with Gasteiger partial charge < -0.3 is 9.97 Å². The monoisotopic (exact) mass is 213 g/mol. The van der Waals surface area contributed by atoms with Crippen molar-refractivity contribution >= 4 is 0 Å². The number of rotatable bonds is 0. The molecule has 0 aliphatic carbocycles. The third kappa shape index (κ3) is 2.45. The van der Waals surface area contributed by atoms with E-state index in [1.165, 1.54) is 18.5 Å². The van der Waals surface area contributed by atoms with Gasteiger partial charge in [-0.1, -0.05) is 6.07 Å². The number of nitrogens with zero attached hydrogens (tertiary/aromatic N) is 1. The number of nitrogens with one attached hydrogen (secondary N) is 2. The summed E-state index contributed by atoms with van der Waals surface area (Å²) in [6, 6.07) is 5.96. The lowest BCUT2D eigenvalue weighted by Gasteiger charge is -1.88. The molecule has 0 amide bonds. The summed E-state index contributed by atoms with van der Waals surface area (Å²) >= 11 is 0. The lowest BCUT2D eigenvalue weighted by Crippen LogP contribution is -2.05. The number of pyridine rings is 1. The highest BCUT2D eigenvalue weighted by atomic mass is 16.1. The molecule has 5 nitrogen and oxygen atoms in total. The first-order valence-electron chi connectivity index (χ1n) is 4.50. The van der Waals surface area contributed by atoms with E-state index in [0.717, 1.165) is 0 Å². The number of aromatic amines is 2. The van der Waals surface area contributed by atoms with E-state index in [1.54, 1.807) is 12.1 Å². The molecule has 2 aromatic rings. The topological polar surface area (TPSA) is 78.6 Å². The standard InChI is InChI=1S/C11H7N3O2/c15-10-3-1-2-8(14-10)4-5-9-6-11(16)13-7-12-9/h1-3,6-7H,(H,14,15)(H,12,13,16). The van der Waals surface area contributed by atoms with Crippen molar-refractivity contribution in [3.63, 3.8) is 0 Å². The van der Waals surface area contributed by atoms with Crippen LogP contribution in [0.5, 0.6) is 0 Å². The van der Waals surface area contributed by atoms with E-state index in [1.807, 2.05) is 0 Å². The summed E-state index contributed by atoms with van der Waals surface area (Å²) in [6.45, 7) is 0. The molecule has 2 aromatic heterocycles. The first-order valence-corrected chi connectivity index (χ1v) is 4.50. The highest BCUT2D eigenvalue weighted by molar-refractivity contribution is 5.35. The summed E-state index contributed by atoms with van der Waals surface area (Å²) in [5.41, 5.74) is 0.356. The Morgan fingerprint density at radius 3 is 2.75 bits per heavy atom. The van der Waals surface area contributed by atoms with Gasteiger partial charge in [0.25, 0.3) is 5.56 Å². The van der Waals surface area contributed by atoms with Crippen LogP contribution in [0.4, 0.5) is 0 Å². The second-order valence-corrected chi connectivity index (χ2v) is 2.98. The molecule has 2 rings (SSSR count). The van der Waals surface area contributed by atoms with Gasteiger partial charge in [0.2, 0.25) is 5.56 Å². The maximum absolute atomic E-state index is 11.0. The minimum Gasteiger partial charge on any atom is -0.315 e. The Balaban J connectivity index is 2.35. The fraction of sp³-hybridized carbons (Fsp3) is 0. The molecule has 2 heterocycles. The van der Waals surface area contributed by atoms with Crippen molar-refractivity contribution in [2.24, 2.45) is 0 Å². The molecule has 0 saturated heterocycles. The molecule has 0 atom stereocenters. The lowest BCUT2D eigenvalue weighted by molar-refractivity contribution is 1.10. The van der Waals surface area contributed by atoms with Crippen LogP contribution in [-0.4, -0.2) is 15.0 Å². The zero-order valence-electron chi connectivity index (χ0n) is 8.15. The van der Waals surface area contributed by atoms with Crippen LogP contribution in [0, 0.1) is 11.8 Å². The Hall–Kier alpha value is -2.61. The van der Waals surface area contributed by atoms with Gasteiger partial charge in [-0.2, -0.15) is 0 Å². The maximum atomic E-state index is 11.0. The summed E-state index contributed by atoms with van der Waals surface area (Å²) in [6.07, 6.45) is 1.28. The van der Waals surface area contributed by atoms with Crippen LogP contribution < -0.4 is 11.1 Å². The molecule has 0 spiro atoms. The molecule has 0 bridgehead atoms. The van der Waals surface area contributed by atoms with Gasteiger partial charge in [-0.3, -0.25) is 9.59 Å². The summed E-state index contributed by atoms with van der Waals surface area (Å²) in [4.78, 5) is 30.7. The van der Waals surface area contributed by atoms with Gasteiger partial charge in [-0.25, -0.2) is 4.98 Å². The molecule has 78 valence electrons. The zero-order chi connectivity index (χ0) is 11.4. The Morgan fingerprint density at radius 2 is 2.00 bits per heavy atom. The molecule has 0 aliphatic rings. The van der Waals surface area contributed by atoms with Gasteiger partial charge in [-0.15, -0.1) is 0 Å². The Kier molecular flexibility index (Phi) is 2.65. The third-order valence-corrected chi connectivity index (χ3v) is 1.77.